The fraction of sp³-hybridized carbons (Fsp3) is 0.818. The van der Waals surface area contributed by atoms with Crippen molar-refractivity contribution in [3.05, 3.63) is 0 Å². The molecule has 1 fully saturated rings. The van der Waals surface area contributed by atoms with Gasteiger partial charge >= 0.3 is 11.9 Å². The lowest BCUT2D eigenvalue weighted by atomic mass is 10.0. The SMILES string of the molecule is C1CCCCC1.O=C(O)CCCC(=O)O. The van der Waals surface area contributed by atoms with E-state index in [2.05, 4.69) is 0 Å². The van der Waals surface area contributed by atoms with Crippen molar-refractivity contribution in [2.75, 3.05) is 0 Å². The summed E-state index contributed by atoms with van der Waals surface area (Å²) in [7, 11) is 0. The van der Waals surface area contributed by atoms with E-state index in [-0.39, 0.29) is 19.3 Å². The third kappa shape index (κ3) is 12.9. The number of carboxylic acids is 2. The van der Waals surface area contributed by atoms with E-state index >= 15 is 0 Å². The summed E-state index contributed by atoms with van der Waals surface area (Å²) in [5.74, 6) is -1.90. The summed E-state index contributed by atoms with van der Waals surface area (Å²) in [4.78, 5) is 19.6. The molecule has 0 radical (unpaired) electrons. The van der Waals surface area contributed by atoms with Gasteiger partial charge in [-0.05, 0) is 6.42 Å². The average Bonchev–Trinajstić information content (AvgIpc) is 2.20. The Bertz CT molecular complexity index is 160. The van der Waals surface area contributed by atoms with Crippen molar-refractivity contribution in [3.8, 4) is 0 Å². The Kier molecular flexibility index (Phi) is 8.82. The average molecular weight is 216 g/mol. The van der Waals surface area contributed by atoms with Crippen LogP contribution in [0, 0.1) is 0 Å². The van der Waals surface area contributed by atoms with Gasteiger partial charge in [0.15, 0.2) is 0 Å². The molecule has 0 unspecified atom stereocenters. The van der Waals surface area contributed by atoms with E-state index in [0.29, 0.717) is 0 Å². The van der Waals surface area contributed by atoms with E-state index < -0.39 is 11.9 Å². The van der Waals surface area contributed by atoms with Crippen molar-refractivity contribution in [2.24, 2.45) is 0 Å². The lowest BCUT2D eigenvalue weighted by Crippen LogP contribution is -1.98. The number of carboxylic acid groups (broad SMARTS) is 2. The van der Waals surface area contributed by atoms with Crippen LogP contribution in [-0.2, 0) is 9.59 Å². The van der Waals surface area contributed by atoms with E-state index in [1.165, 1.54) is 38.5 Å². The van der Waals surface area contributed by atoms with E-state index in [9.17, 15) is 9.59 Å². The van der Waals surface area contributed by atoms with Gasteiger partial charge in [0, 0.05) is 12.8 Å². The minimum absolute atomic E-state index is 0.0632. The smallest absolute Gasteiger partial charge is 0.303 e. The third-order valence-electron chi connectivity index (χ3n) is 2.28. The van der Waals surface area contributed by atoms with Gasteiger partial charge in [-0.2, -0.15) is 0 Å². The monoisotopic (exact) mass is 216 g/mol. The molecule has 0 aromatic heterocycles. The highest BCUT2D eigenvalue weighted by molar-refractivity contribution is 5.69. The fourth-order valence-corrected chi connectivity index (χ4v) is 1.45. The molecule has 1 saturated carbocycles. The molecule has 15 heavy (non-hydrogen) atoms. The van der Waals surface area contributed by atoms with Gasteiger partial charge in [0.2, 0.25) is 0 Å². The molecule has 4 heteroatoms. The van der Waals surface area contributed by atoms with E-state index in [4.69, 9.17) is 10.2 Å². The predicted molar refractivity (Wildman–Crippen MR) is 56.8 cm³/mol. The maximum Gasteiger partial charge on any atom is 0.303 e. The van der Waals surface area contributed by atoms with Crippen LogP contribution >= 0.6 is 0 Å². The Morgan fingerprint density at radius 1 is 0.733 bits per heavy atom. The van der Waals surface area contributed by atoms with Crippen molar-refractivity contribution >= 4 is 11.9 Å². The molecular formula is C11H20O4. The van der Waals surface area contributed by atoms with Crippen LogP contribution < -0.4 is 0 Å². The minimum Gasteiger partial charge on any atom is -0.481 e. The van der Waals surface area contributed by atoms with Crippen LogP contribution in [0.15, 0.2) is 0 Å². The Labute approximate surface area is 90.3 Å². The summed E-state index contributed by atoms with van der Waals surface area (Å²) in [5.41, 5.74) is 0. The maximum absolute atomic E-state index is 9.79. The van der Waals surface area contributed by atoms with Gasteiger partial charge in [-0.25, -0.2) is 0 Å². The molecule has 0 aliphatic heterocycles. The first kappa shape index (κ1) is 13.9. The van der Waals surface area contributed by atoms with Crippen molar-refractivity contribution < 1.29 is 19.8 Å². The van der Waals surface area contributed by atoms with Gasteiger partial charge < -0.3 is 10.2 Å². The largest absolute Gasteiger partial charge is 0.481 e. The molecule has 0 bridgehead atoms. The van der Waals surface area contributed by atoms with Crippen LogP contribution in [0.25, 0.3) is 0 Å². The minimum atomic E-state index is -0.948. The first-order valence-corrected chi connectivity index (χ1v) is 5.56. The quantitative estimate of drug-likeness (QED) is 0.757. The van der Waals surface area contributed by atoms with Gasteiger partial charge in [-0.15, -0.1) is 0 Å². The summed E-state index contributed by atoms with van der Waals surface area (Å²) in [6.07, 6.45) is 9.09. The van der Waals surface area contributed by atoms with Crippen molar-refractivity contribution in [2.45, 2.75) is 57.8 Å². The molecule has 1 rings (SSSR count). The van der Waals surface area contributed by atoms with Gasteiger partial charge in [-0.1, -0.05) is 38.5 Å². The van der Waals surface area contributed by atoms with Gasteiger partial charge in [0.1, 0.15) is 0 Å². The molecule has 0 saturated heterocycles. The van der Waals surface area contributed by atoms with Crippen molar-refractivity contribution in [1.29, 1.82) is 0 Å². The lowest BCUT2D eigenvalue weighted by Gasteiger charge is -2.05. The molecular weight excluding hydrogens is 196 g/mol. The lowest BCUT2D eigenvalue weighted by molar-refractivity contribution is -0.138. The summed E-state index contributed by atoms with van der Waals surface area (Å²) < 4.78 is 0. The number of aliphatic carboxylic acids is 2. The van der Waals surface area contributed by atoms with Crippen LogP contribution in [0.3, 0.4) is 0 Å². The second kappa shape index (κ2) is 9.49. The standard InChI is InChI=1S/C6H12.C5H8O4/c1-2-4-6-5-3-1;6-4(7)2-1-3-5(8)9/h1-6H2;1-3H2,(H,6,7)(H,8,9). The Balaban J connectivity index is 0.000000280. The zero-order chi connectivity index (χ0) is 11.5. The van der Waals surface area contributed by atoms with Crippen LogP contribution in [0.2, 0.25) is 0 Å². The molecule has 4 nitrogen and oxygen atoms in total. The number of rotatable bonds is 4. The van der Waals surface area contributed by atoms with Crippen LogP contribution in [-0.4, -0.2) is 22.2 Å². The van der Waals surface area contributed by atoms with Crippen LogP contribution in [0.5, 0.6) is 0 Å². The summed E-state index contributed by atoms with van der Waals surface area (Å²) in [6, 6.07) is 0. The highest BCUT2D eigenvalue weighted by Crippen LogP contribution is 2.15. The first-order chi connectivity index (χ1) is 7.13. The van der Waals surface area contributed by atoms with Gasteiger partial charge in [0.05, 0.1) is 0 Å². The van der Waals surface area contributed by atoms with Crippen LogP contribution in [0.1, 0.15) is 57.8 Å². The van der Waals surface area contributed by atoms with Crippen LogP contribution in [0.4, 0.5) is 0 Å². The number of carbonyl (C=O) groups is 2. The van der Waals surface area contributed by atoms with E-state index in [0.717, 1.165) is 0 Å². The molecule has 0 aromatic carbocycles. The molecule has 0 aromatic rings. The highest BCUT2D eigenvalue weighted by Gasteiger charge is 1.99. The maximum atomic E-state index is 9.79. The zero-order valence-electron chi connectivity index (χ0n) is 9.07. The van der Waals surface area contributed by atoms with Gasteiger partial charge in [0.25, 0.3) is 0 Å². The predicted octanol–water partition coefficient (Wildman–Crippen LogP) is 2.67. The molecule has 1 aliphatic rings. The summed E-state index contributed by atoms with van der Waals surface area (Å²) in [6.45, 7) is 0. The molecule has 1 aliphatic carbocycles. The third-order valence-corrected chi connectivity index (χ3v) is 2.28. The molecule has 2 N–H and O–H groups in total. The number of hydrogen-bond acceptors (Lipinski definition) is 2. The number of hydrogen-bond donors (Lipinski definition) is 2. The van der Waals surface area contributed by atoms with E-state index in [1.807, 2.05) is 0 Å². The fourth-order valence-electron chi connectivity index (χ4n) is 1.45. The molecule has 0 spiro atoms. The van der Waals surface area contributed by atoms with Gasteiger partial charge in [-0.3, -0.25) is 9.59 Å². The molecule has 88 valence electrons. The van der Waals surface area contributed by atoms with Crippen molar-refractivity contribution in [3.63, 3.8) is 0 Å². The topological polar surface area (TPSA) is 74.6 Å². The second-order valence-electron chi connectivity index (χ2n) is 3.76. The summed E-state index contributed by atoms with van der Waals surface area (Å²) >= 11 is 0. The summed E-state index contributed by atoms with van der Waals surface area (Å²) in [5, 5.41) is 16.1. The molecule has 0 heterocycles. The zero-order valence-corrected chi connectivity index (χ0v) is 9.07. The van der Waals surface area contributed by atoms with E-state index in [1.54, 1.807) is 0 Å². The Morgan fingerprint density at radius 2 is 1.00 bits per heavy atom. The second-order valence-corrected chi connectivity index (χ2v) is 3.76. The Hall–Kier alpha value is -1.06. The highest BCUT2D eigenvalue weighted by atomic mass is 16.4. The molecule has 0 amide bonds. The normalized spacial score (nSPS) is 14.9. The van der Waals surface area contributed by atoms with Crippen molar-refractivity contribution in [1.82, 2.24) is 0 Å². The molecule has 0 atom stereocenters. The first-order valence-electron chi connectivity index (χ1n) is 5.56. The Morgan fingerprint density at radius 3 is 1.20 bits per heavy atom.